The number of carbonyl (C=O) groups excluding carboxylic acids is 2. The van der Waals surface area contributed by atoms with E-state index in [4.69, 9.17) is 4.74 Å². The predicted molar refractivity (Wildman–Crippen MR) is 106 cm³/mol. The van der Waals surface area contributed by atoms with Crippen LogP contribution in [0.2, 0.25) is 0 Å². The molecule has 0 radical (unpaired) electrons. The summed E-state index contributed by atoms with van der Waals surface area (Å²) in [5, 5.41) is 8.55. The van der Waals surface area contributed by atoms with Crippen molar-refractivity contribution < 1.29 is 14.3 Å². The van der Waals surface area contributed by atoms with E-state index < -0.39 is 0 Å². The molecule has 1 aromatic heterocycles. The largest absolute Gasteiger partial charge is 0.487 e. The third kappa shape index (κ3) is 5.00. The molecule has 0 spiro atoms. The van der Waals surface area contributed by atoms with Crippen LogP contribution in [-0.4, -0.2) is 35.6 Å². The minimum atomic E-state index is -0.365. The fourth-order valence-corrected chi connectivity index (χ4v) is 3.25. The van der Waals surface area contributed by atoms with Crippen molar-refractivity contribution >= 4 is 11.9 Å². The van der Waals surface area contributed by atoms with Crippen LogP contribution in [0.5, 0.6) is 5.75 Å². The number of hydrogen-bond donors (Lipinski definition) is 3. The molecule has 0 bridgehead atoms. The zero-order valence-corrected chi connectivity index (χ0v) is 16.4. The Morgan fingerprint density at radius 3 is 2.75 bits per heavy atom. The first-order chi connectivity index (χ1) is 13.3. The summed E-state index contributed by atoms with van der Waals surface area (Å²) in [4.78, 5) is 28.2. The average Bonchev–Trinajstić information content (AvgIpc) is 2.64. The molecule has 7 heteroatoms. The van der Waals surface area contributed by atoms with E-state index >= 15 is 0 Å². The number of fused-ring (bicyclic) bond motifs is 1. The first-order valence-electron chi connectivity index (χ1n) is 9.36. The SMILES string of the molecule is Cc1ccc2c(c1)OC(C)(C)C[C@@H]2NC(=O)NCCNC(=O)c1cccnc1. The molecule has 1 atom stereocenters. The number of aromatic nitrogens is 1. The van der Waals surface area contributed by atoms with Gasteiger partial charge in [-0.05, 0) is 44.5 Å². The summed E-state index contributed by atoms with van der Waals surface area (Å²) < 4.78 is 6.05. The molecule has 28 heavy (non-hydrogen) atoms. The molecular formula is C21H26N4O3. The number of carbonyl (C=O) groups is 2. The lowest BCUT2D eigenvalue weighted by Gasteiger charge is -2.38. The van der Waals surface area contributed by atoms with Gasteiger partial charge in [-0.2, -0.15) is 0 Å². The normalized spacial score (nSPS) is 17.0. The van der Waals surface area contributed by atoms with Crippen LogP contribution >= 0.6 is 0 Å². The summed E-state index contributed by atoms with van der Waals surface area (Å²) in [6.07, 6.45) is 3.79. The quantitative estimate of drug-likeness (QED) is 0.694. The summed E-state index contributed by atoms with van der Waals surface area (Å²) in [7, 11) is 0. The van der Waals surface area contributed by atoms with Gasteiger partial charge in [0, 0.05) is 37.5 Å². The molecule has 0 saturated carbocycles. The number of benzene rings is 1. The standard InChI is InChI=1S/C21H26N4O3/c1-14-6-7-16-17(12-21(2,3)28-18(16)11-14)25-20(27)24-10-9-23-19(26)15-5-4-8-22-13-15/h4-8,11,13,17H,9-10,12H2,1-3H3,(H,23,26)(H2,24,25,27)/t17-/m0/s1. The smallest absolute Gasteiger partial charge is 0.315 e. The molecule has 0 unspecified atom stereocenters. The Morgan fingerprint density at radius 1 is 1.21 bits per heavy atom. The molecule has 0 fully saturated rings. The van der Waals surface area contributed by atoms with Crippen molar-refractivity contribution in [2.24, 2.45) is 0 Å². The van der Waals surface area contributed by atoms with Gasteiger partial charge in [-0.15, -0.1) is 0 Å². The molecule has 3 N–H and O–H groups in total. The third-order valence-electron chi connectivity index (χ3n) is 4.55. The van der Waals surface area contributed by atoms with E-state index in [1.165, 1.54) is 6.20 Å². The van der Waals surface area contributed by atoms with E-state index in [2.05, 4.69) is 20.9 Å². The Morgan fingerprint density at radius 2 is 2.00 bits per heavy atom. The number of aryl methyl sites for hydroxylation is 1. The maximum absolute atomic E-state index is 12.3. The lowest BCUT2D eigenvalue weighted by molar-refractivity contribution is 0.0678. The molecule has 1 aliphatic heterocycles. The van der Waals surface area contributed by atoms with Gasteiger partial charge in [0.05, 0.1) is 11.6 Å². The van der Waals surface area contributed by atoms with Gasteiger partial charge < -0.3 is 20.7 Å². The third-order valence-corrected chi connectivity index (χ3v) is 4.55. The van der Waals surface area contributed by atoms with Gasteiger partial charge >= 0.3 is 6.03 Å². The van der Waals surface area contributed by atoms with Crippen LogP contribution in [0, 0.1) is 6.92 Å². The van der Waals surface area contributed by atoms with Gasteiger partial charge in [0.1, 0.15) is 11.4 Å². The zero-order valence-electron chi connectivity index (χ0n) is 16.4. The monoisotopic (exact) mass is 382 g/mol. The Kier molecular flexibility index (Phi) is 5.82. The van der Waals surface area contributed by atoms with Crippen molar-refractivity contribution in [2.45, 2.75) is 38.8 Å². The Labute approximate surface area is 164 Å². The number of ether oxygens (including phenoxy) is 1. The van der Waals surface area contributed by atoms with E-state index in [1.54, 1.807) is 18.3 Å². The second-order valence-electron chi connectivity index (χ2n) is 7.56. The molecule has 2 heterocycles. The van der Waals surface area contributed by atoms with Crippen molar-refractivity contribution in [2.75, 3.05) is 13.1 Å². The summed E-state index contributed by atoms with van der Waals surface area (Å²) in [5.41, 5.74) is 2.22. The van der Waals surface area contributed by atoms with Gasteiger partial charge in [-0.25, -0.2) is 4.79 Å². The number of pyridine rings is 1. The zero-order chi connectivity index (χ0) is 20.1. The Bertz CT molecular complexity index is 852. The number of amides is 3. The van der Waals surface area contributed by atoms with Crippen molar-refractivity contribution in [3.05, 3.63) is 59.4 Å². The van der Waals surface area contributed by atoms with E-state index in [0.717, 1.165) is 16.9 Å². The second kappa shape index (κ2) is 8.29. The van der Waals surface area contributed by atoms with Crippen LogP contribution in [0.3, 0.4) is 0 Å². The highest BCUT2D eigenvalue weighted by Gasteiger charge is 2.34. The van der Waals surface area contributed by atoms with Gasteiger partial charge in [-0.3, -0.25) is 9.78 Å². The van der Waals surface area contributed by atoms with Crippen molar-refractivity contribution in [1.82, 2.24) is 20.9 Å². The highest BCUT2D eigenvalue weighted by molar-refractivity contribution is 5.93. The lowest BCUT2D eigenvalue weighted by atomic mass is 9.89. The number of nitrogens with one attached hydrogen (secondary N) is 3. The van der Waals surface area contributed by atoms with Crippen molar-refractivity contribution in [3.63, 3.8) is 0 Å². The van der Waals surface area contributed by atoms with Gasteiger partial charge in [-0.1, -0.05) is 12.1 Å². The predicted octanol–water partition coefficient (Wildman–Crippen LogP) is 2.72. The number of urea groups is 1. The molecule has 1 aromatic carbocycles. The molecule has 7 nitrogen and oxygen atoms in total. The van der Waals surface area contributed by atoms with Gasteiger partial charge in [0.25, 0.3) is 5.91 Å². The molecule has 2 aromatic rings. The topological polar surface area (TPSA) is 92.4 Å². The fraction of sp³-hybridized carbons (Fsp3) is 0.381. The van der Waals surface area contributed by atoms with E-state index in [-0.39, 0.29) is 23.6 Å². The number of hydrogen-bond acceptors (Lipinski definition) is 4. The molecule has 1 aliphatic rings. The fourth-order valence-electron chi connectivity index (χ4n) is 3.25. The second-order valence-corrected chi connectivity index (χ2v) is 7.56. The molecule has 0 aliphatic carbocycles. The molecule has 3 amide bonds. The van der Waals surface area contributed by atoms with Crippen LogP contribution in [-0.2, 0) is 0 Å². The Hall–Kier alpha value is -3.09. The first-order valence-corrected chi connectivity index (χ1v) is 9.36. The summed E-state index contributed by atoms with van der Waals surface area (Å²) in [6, 6.07) is 9.00. The minimum absolute atomic E-state index is 0.135. The summed E-state index contributed by atoms with van der Waals surface area (Å²) in [6.45, 7) is 6.69. The maximum Gasteiger partial charge on any atom is 0.315 e. The minimum Gasteiger partial charge on any atom is -0.487 e. The van der Waals surface area contributed by atoms with Crippen LogP contribution in [0.1, 0.15) is 47.8 Å². The molecule has 148 valence electrons. The van der Waals surface area contributed by atoms with E-state index in [9.17, 15) is 9.59 Å². The van der Waals surface area contributed by atoms with Crippen molar-refractivity contribution in [3.8, 4) is 5.75 Å². The number of rotatable bonds is 5. The molecular weight excluding hydrogens is 356 g/mol. The van der Waals surface area contributed by atoms with Gasteiger partial charge in [0.2, 0.25) is 0 Å². The van der Waals surface area contributed by atoms with Crippen molar-refractivity contribution in [1.29, 1.82) is 0 Å². The summed E-state index contributed by atoms with van der Waals surface area (Å²) in [5.74, 6) is 0.594. The van der Waals surface area contributed by atoms with Crippen LogP contribution < -0.4 is 20.7 Å². The van der Waals surface area contributed by atoms with Gasteiger partial charge in [0.15, 0.2) is 0 Å². The highest BCUT2D eigenvalue weighted by atomic mass is 16.5. The van der Waals surface area contributed by atoms with Crippen LogP contribution in [0.15, 0.2) is 42.7 Å². The van der Waals surface area contributed by atoms with Crippen LogP contribution in [0.25, 0.3) is 0 Å². The average molecular weight is 382 g/mol. The van der Waals surface area contributed by atoms with Crippen LogP contribution in [0.4, 0.5) is 4.79 Å². The maximum atomic E-state index is 12.3. The highest BCUT2D eigenvalue weighted by Crippen LogP contribution is 2.39. The first kappa shape index (κ1) is 19.7. The Balaban J connectivity index is 1.50. The lowest BCUT2D eigenvalue weighted by Crippen LogP contribution is -2.46. The molecule has 3 rings (SSSR count). The molecule has 0 saturated heterocycles. The summed E-state index contributed by atoms with van der Waals surface area (Å²) >= 11 is 0. The van der Waals surface area contributed by atoms with E-state index in [1.807, 2.05) is 39.0 Å². The van der Waals surface area contributed by atoms with E-state index in [0.29, 0.717) is 25.1 Å². The number of nitrogens with zero attached hydrogens (tertiary/aromatic N) is 1.